The van der Waals surface area contributed by atoms with E-state index in [-0.39, 0.29) is 0 Å². The predicted molar refractivity (Wildman–Crippen MR) is 65.8 cm³/mol. The molecule has 0 radical (unpaired) electrons. The highest BCUT2D eigenvalue weighted by atomic mass is 32.1. The monoisotopic (exact) mass is 225 g/mol. The van der Waals surface area contributed by atoms with Crippen LogP contribution >= 0.6 is 11.3 Å². The topological polar surface area (TPSA) is 28.2 Å². The van der Waals surface area contributed by atoms with Gasteiger partial charge in [0.15, 0.2) is 5.13 Å². The third-order valence-corrected chi connectivity index (χ3v) is 3.84. The number of aryl methyl sites for hydroxylation is 1. The zero-order chi connectivity index (χ0) is 10.8. The summed E-state index contributed by atoms with van der Waals surface area (Å²) in [5, 5.41) is 6.85. The minimum Gasteiger partial charge on any atom is -0.343 e. The number of nitrogens with zero attached hydrogens (tertiary/aromatic N) is 2. The predicted octanol–water partition coefficient (Wildman–Crippen LogP) is 1.89. The molecular formula is C11H19N3S. The van der Waals surface area contributed by atoms with E-state index in [0.717, 1.165) is 19.5 Å². The van der Waals surface area contributed by atoms with Crippen molar-refractivity contribution < 1.29 is 0 Å². The van der Waals surface area contributed by atoms with Crippen molar-refractivity contribution in [1.29, 1.82) is 0 Å². The van der Waals surface area contributed by atoms with Crippen molar-refractivity contribution >= 4 is 16.5 Å². The molecule has 0 saturated carbocycles. The second-order valence-electron chi connectivity index (χ2n) is 4.29. The van der Waals surface area contributed by atoms with E-state index in [1.807, 2.05) is 0 Å². The lowest BCUT2D eigenvalue weighted by Gasteiger charge is -2.37. The van der Waals surface area contributed by atoms with E-state index in [1.165, 1.54) is 10.8 Å². The number of hydrogen-bond acceptors (Lipinski definition) is 4. The van der Waals surface area contributed by atoms with Crippen LogP contribution in [0.4, 0.5) is 5.13 Å². The van der Waals surface area contributed by atoms with Gasteiger partial charge >= 0.3 is 0 Å². The van der Waals surface area contributed by atoms with Crippen molar-refractivity contribution in [3.63, 3.8) is 0 Å². The SMILES string of the molecule is CCc1csc(N2CC(C)NCC2C)n1. The van der Waals surface area contributed by atoms with Crippen LogP contribution in [0.2, 0.25) is 0 Å². The molecule has 1 fully saturated rings. The Morgan fingerprint density at radius 2 is 2.40 bits per heavy atom. The van der Waals surface area contributed by atoms with Crippen LogP contribution in [0.15, 0.2) is 5.38 Å². The second-order valence-corrected chi connectivity index (χ2v) is 5.12. The molecule has 1 aliphatic heterocycles. The molecule has 1 aromatic heterocycles. The zero-order valence-corrected chi connectivity index (χ0v) is 10.5. The first-order valence-corrected chi connectivity index (χ1v) is 6.53. The van der Waals surface area contributed by atoms with E-state index in [2.05, 4.69) is 41.4 Å². The van der Waals surface area contributed by atoms with Crippen LogP contribution in [0.1, 0.15) is 26.5 Å². The second kappa shape index (κ2) is 4.49. The Kier molecular flexibility index (Phi) is 3.26. The van der Waals surface area contributed by atoms with Gasteiger partial charge in [0.2, 0.25) is 0 Å². The van der Waals surface area contributed by atoms with Gasteiger partial charge in [0.05, 0.1) is 5.69 Å². The summed E-state index contributed by atoms with van der Waals surface area (Å²) in [6, 6.07) is 1.12. The maximum Gasteiger partial charge on any atom is 0.185 e. The minimum absolute atomic E-state index is 0.553. The van der Waals surface area contributed by atoms with Crippen LogP contribution in [-0.4, -0.2) is 30.2 Å². The smallest absolute Gasteiger partial charge is 0.185 e. The largest absolute Gasteiger partial charge is 0.343 e. The summed E-state index contributed by atoms with van der Waals surface area (Å²) in [5.74, 6) is 0. The molecule has 84 valence electrons. The molecule has 0 aliphatic carbocycles. The normalized spacial score (nSPS) is 27.0. The Labute approximate surface area is 95.5 Å². The van der Waals surface area contributed by atoms with Crippen molar-refractivity contribution in [3.05, 3.63) is 11.1 Å². The summed E-state index contributed by atoms with van der Waals surface area (Å²) in [5.41, 5.74) is 1.22. The molecule has 2 unspecified atom stereocenters. The number of hydrogen-bond donors (Lipinski definition) is 1. The third kappa shape index (κ3) is 2.32. The minimum atomic E-state index is 0.553. The maximum absolute atomic E-state index is 4.65. The first-order chi connectivity index (χ1) is 7.20. The van der Waals surface area contributed by atoms with Crippen molar-refractivity contribution in [1.82, 2.24) is 10.3 Å². The number of rotatable bonds is 2. The average molecular weight is 225 g/mol. The van der Waals surface area contributed by atoms with Gasteiger partial charge in [-0.05, 0) is 20.3 Å². The average Bonchev–Trinajstić information content (AvgIpc) is 2.70. The van der Waals surface area contributed by atoms with Crippen LogP contribution in [-0.2, 0) is 6.42 Å². The fourth-order valence-corrected chi connectivity index (χ4v) is 2.90. The molecule has 0 aromatic carbocycles. The molecule has 1 N–H and O–H groups in total. The molecule has 1 saturated heterocycles. The van der Waals surface area contributed by atoms with Crippen molar-refractivity contribution in [2.24, 2.45) is 0 Å². The van der Waals surface area contributed by atoms with Crippen LogP contribution in [0, 0.1) is 0 Å². The van der Waals surface area contributed by atoms with Crippen molar-refractivity contribution in [2.45, 2.75) is 39.3 Å². The molecular weight excluding hydrogens is 206 g/mol. The lowest BCUT2D eigenvalue weighted by atomic mass is 10.1. The molecule has 1 aromatic rings. The van der Waals surface area contributed by atoms with Crippen LogP contribution in [0.3, 0.4) is 0 Å². The Morgan fingerprint density at radius 3 is 3.07 bits per heavy atom. The number of nitrogens with one attached hydrogen (secondary N) is 1. The fourth-order valence-electron chi connectivity index (χ4n) is 1.88. The highest BCUT2D eigenvalue weighted by molar-refractivity contribution is 7.13. The summed E-state index contributed by atoms with van der Waals surface area (Å²) in [4.78, 5) is 7.08. The van der Waals surface area contributed by atoms with Gasteiger partial charge in [0.1, 0.15) is 0 Å². The number of anilines is 1. The number of piperazine rings is 1. The van der Waals surface area contributed by atoms with Gasteiger partial charge < -0.3 is 10.2 Å². The molecule has 1 aliphatic rings. The molecule has 2 rings (SSSR count). The van der Waals surface area contributed by atoms with Gasteiger partial charge in [-0.1, -0.05) is 6.92 Å². The van der Waals surface area contributed by atoms with Crippen LogP contribution in [0.25, 0.3) is 0 Å². The standard InChI is InChI=1S/C11H19N3S/c1-4-10-7-15-11(13-10)14-6-8(2)12-5-9(14)3/h7-9,12H,4-6H2,1-3H3. The van der Waals surface area contributed by atoms with E-state index in [9.17, 15) is 0 Å². The molecule has 0 spiro atoms. The molecule has 15 heavy (non-hydrogen) atoms. The van der Waals surface area contributed by atoms with E-state index >= 15 is 0 Å². The van der Waals surface area contributed by atoms with E-state index in [4.69, 9.17) is 0 Å². The van der Waals surface area contributed by atoms with Gasteiger partial charge in [-0.3, -0.25) is 0 Å². The highest BCUT2D eigenvalue weighted by Gasteiger charge is 2.24. The fraction of sp³-hybridized carbons (Fsp3) is 0.727. The van der Waals surface area contributed by atoms with Crippen LogP contribution < -0.4 is 10.2 Å². The van der Waals surface area contributed by atoms with Crippen molar-refractivity contribution in [3.8, 4) is 0 Å². The van der Waals surface area contributed by atoms with E-state index in [1.54, 1.807) is 11.3 Å². The number of aromatic nitrogens is 1. The maximum atomic E-state index is 4.65. The Morgan fingerprint density at radius 1 is 1.60 bits per heavy atom. The lowest BCUT2D eigenvalue weighted by Crippen LogP contribution is -2.54. The van der Waals surface area contributed by atoms with Gasteiger partial charge in [-0.2, -0.15) is 0 Å². The Hall–Kier alpha value is -0.610. The molecule has 2 heterocycles. The summed E-state index contributed by atoms with van der Waals surface area (Å²) < 4.78 is 0. The first-order valence-electron chi connectivity index (χ1n) is 5.65. The molecule has 0 amide bonds. The summed E-state index contributed by atoms with van der Waals surface area (Å²) in [6.07, 6.45) is 1.03. The zero-order valence-electron chi connectivity index (χ0n) is 9.66. The summed E-state index contributed by atoms with van der Waals surface area (Å²) >= 11 is 1.77. The van der Waals surface area contributed by atoms with E-state index < -0.39 is 0 Å². The van der Waals surface area contributed by atoms with Gasteiger partial charge in [-0.25, -0.2) is 4.98 Å². The van der Waals surface area contributed by atoms with E-state index in [0.29, 0.717) is 12.1 Å². The molecule has 4 heteroatoms. The summed E-state index contributed by atoms with van der Waals surface area (Å²) in [7, 11) is 0. The van der Waals surface area contributed by atoms with Crippen molar-refractivity contribution in [2.75, 3.05) is 18.0 Å². The van der Waals surface area contributed by atoms with Gasteiger partial charge in [0.25, 0.3) is 0 Å². The number of thiazole rings is 1. The Balaban J connectivity index is 2.13. The summed E-state index contributed by atoms with van der Waals surface area (Å²) in [6.45, 7) is 8.77. The quantitative estimate of drug-likeness (QED) is 0.833. The van der Waals surface area contributed by atoms with Gasteiger partial charge in [0, 0.05) is 30.6 Å². The first kappa shape index (κ1) is 10.9. The van der Waals surface area contributed by atoms with Crippen LogP contribution in [0.5, 0.6) is 0 Å². The third-order valence-electron chi connectivity index (χ3n) is 2.91. The van der Waals surface area contributed by atoms with Gasteiger partial charge in [-0.15, -0.1) is 11.3 Å². The molecule has 2 atom stereocenters. The molecule has 3 nitrogen and oxygen atoms in total. The molecule has 0 bridgehead atoms. The highest BCUT2D eigenvalue weighted by Crippen LogP contribution is 2.24. The Bertz CT molecular complexity index is 323. The lowest BCUT2D eigenvalue weighted by molar-refractivity contribution is 0.424.